The summed E-state index contributed by atoms with van der Waals surface area (Å²) in [5.74, 6) is -1.19. The van der Waals surface area contributed by atoms with Crippen LogP contribution in [0.15, 0.2) is 76.5 Å². The van der Waals surface area contributed by atoms with Crippen LogP contribution in [0.3, 0.4) is 0 Å². The number of rotatable bonds is 8. The minimum atomic E-state index is -0.802. The van der Waals surface area contributed by atoms with E-state index in [0.29, 0.717) is 10.5 Å². The molecule has 0 aromatic heterocycles. The number of carbonyl (C=O) groups is 3. The molecule has 0 aliphatic carbocycles. The lowest BCUT2D eigenvalue weighted by Gasteiger charge is -2.36. The highest BCUT2D eigenvalue weighted by Gasteiger charge is 2.41. The molecule has 29 heavy (non-hydrogen) atoms. The number of thioether (sulfide) groups is 1. The van der Waals surface area contributed by atoms with Crippen molar-refractivity contribution >= 4 is 29.5 Å². The summed E-state index contributed by atoms with van der Waals surface area (Å²) in [5, 5.41) is 5.27. The van der Waals surface area contributed by atoms with Crippen molar-refractivity contribution in [2.24, 2.45) is 0 Å². The lowest BCUT2D eigenvalue weighted by Crippen LogP contribution is -2.70. The number of nitrogens with one attached hydrogen (secondary N) is 2. The fourth-order valence-electron chi connectivity index (χ4n) is 2.55. The lowest BCUT2D eigenvalue weighted by atomic mass is 10.1. The van der Waals surface area contributed by atoms with Crippen LogP contribution in [0.4, 0.5) is 0 Å². The van der Waals surface area contributed by atoms with Crippen LogP contribution in [0.2, 0.25) is 0 Å². The van der Waals surface area contributed by atoms with E-state index in [1.807, 2.05) is 30.3 Å². The van der Waals surface area contributed by atoms with Gasteiger partial charge in [-0.25, -0.2) is 4.79 Å². The van der Waals surface area contributed by atoms with Gasteiger partial charge in [-0.05, 0) is 24.3 Å². The number of β-lactam (4-membered cyclic amide) rings is 1. The molecule has 1 aliphatic rings. The summed E-state index contributed by atoms with van der Waals surface area (Å²) < 4.78 is 10.4. The average molecular weight is 412 g/mol. The van der Waals surface area contributed by atoms with Crippen LogP contribution in [-0.4, -0.2) is 43.8 Å². The number of carbonyl (C=O) groups excluding carboxylic acids is 3. The molecule has 2 aromatic rings. The van der Waals surface area contributed by atoms with E-state index in [4.69, 9.17) is 9.47 Å². The highest BCUT2D eigenvalue weighted by atomic mass is 32.2. The molecule has 0 saturated carbocycles. The topological polar surface area (TPSA) is 93.7 Å². The van der Waals surface area contributed by atoms with E-state index >= 15 is 0 Å². The van der Waals surface area contributed by atoms with Crippen LogP contribution in [0.1, 0.15) is 10.4 Å². The predicted molar refractivity (Wildman–Crippen MR) is 108 cm³/mol. The minimum Gasteiger partial charge on any atom is -0.466 e. The zero-order chi connectivity index (χ0) is 20.6. The van der Waals surface area contributed by atoms with E-state index in [1.165, 1.54) is 24.9 Å². The second kappa shape index (κ2) is 9.90. The minimum absolute atomic E-state index is 0.0668. The molecule has 2 aromatic carbocycles. The summed E-state index contributed by atoms with van der Waals surface area (Å²) in [6, 6.07) is 17.3. The van der Waals surface area contributed by atoms with Crippen LogP contribution in [0.5, 0.6) is 0 Å². The van der Waals surface area contributed by atoms with Crippen molar-refractivity contribution < 1.29 is 23.9 Å². The van der Waals surface area contributed by atoms with Gasteiger partial charge in [-0.1, -0.05) is 48.2 Å². The van der Waals surface area contributed by atoms with Gasteiger partial charge in [0.05, 0.1) is 13.7 Å². The van der Waals surface area contributed by atoms with Gasteiger partial charge >= 0.3 is 5.97 Å². The molecule has 0 bridgehead atoms. The molecule has 2 amide bonds. The molecule has 0 unspecified atom stereocenters. The fourth-order valence-corrected chi connectivity index (χ4v) is 3.43. The number of hydrogen-bond donors (Lipinski definition) is 2. The Morgan fingerprint density at radius 3 is 2.38 bits per heavy atom. The molecule has 1 saturated heterocycles. The number of methoxy groups -OCH3 is 1. The number of ether oxygens (including phenoxy) is 2. The Hall–Kier alpha value is -3.10. The molecular weight excluding hydrogens is 392 g/mol. The summed E-state index contributed by atoms with van der Waals surface area (Å²) in [5.41, 5.74) is 0.455. The smallest absolute Gasteiger partial charge is 0.331 e. The molecule has 8 heteroatoms. The Labute approximate surface area is 172 Å². The molecule has 0 radical (unpaired) electrons. The number of amides is 2. The van der Waals surface area contributed by atoms with E-state index in [2.05, 4.69) is 10.6 Å². The number of hydrogen-bond acceptors (Lipinski definition) is 6. The molecule has 1 fully saturated rings. The molecule has 150 valence electrons. The van der Waals surface area contributed by atoms with Crippen LogP contribution >= 0.6 is 11.8 Å². The van der Waals surface area contributed by atoms with Gasteiger partial charge in [0.15, 0.2) is 12.3 Å². The third-order valence-electron chi connectivity index (χ3n) is 4.07. The predicted octanol–water partition coefficient (Wildman–Crippen LogP) is 2.11. The first kappa shape index (κ1) is 20.6. The fraction of sp³-hybridized carbons (Fsp3) is 0.190. The molecule has 1 heterocycles. The molecule has 2 atom stereocenters. The zero-order valence-electron chi connectivity index (χ0n) is 15.7. The second-order valence-corrected chi connectivity index (χ2v) is 7.31. The SMILES string of the molecule is COC(=O)/C=C(\CO[C@H]1NC(=O)[C@@H]1NC(=O)c1ccccc1)Sc1ccccc1. The Morgan fingerprint density at radius 2 is 1.76 bits per heavy atom. The van der Waals surface area contributed by atoms with Gasteiger partial charge < -0.3 is 20.1 Å². The monoisotopic (exact) mass is 412 g/mol. The van der Waals surface area contributed by atoms with Crippen LogP contribution in [-0.2, 0) is 19.1 Å². The van der Waals surface area contributed by atoms with Gasteiger partial charge in [-0.15, -0.1) is 0 Å². The van der Waals surface area contributed by atoms with Gasteiger partial charge in [0.25, 0.3) is 5.91 Å². The van der Waals surface area contributed by atoms with Gasteiger partial charge in [0.1, 0.15) is 0 Å². The van der Waals surface area contributed by atoms with Crippen LogP contribution < -0.4 is 10.6 Å². The third-order valence-corrected chi connectivity index (χ3v) is 5.08. The average Bonchev–Trinajstić information content (AvgIpc) is 2.75. The molecule has 3 rings (SSSR count). The normalized spacial score (nSPS) is 18.4. The van der Waals surface area contributed by atoms with Crippen molar-refractivity contribution in [1.29, 1.82) is 0 Å². The van der Waals surface area contributed by atoms with E-state index < -0.39 is 18.2 Å². The van der Waals surface area contributed by atoms with Crippen molar-refractivity contribution in [3.63, 3.8) is 0 Å². The highest BCUT2D eigenvalue weighted by molar-refractivity contribution is 8.03. The number of esters is 1. The maximum absolute atomic E-state index is 12.3. The standard InChI is InChI=1S/C21H20N2O5S/c1-27-17(24)12-16(29-15-10-6-3-7-11-15)13-28-21-18(20(26)23-21)22-19(25)14-8-4-2-5-9-14/h2-12,18,21H,13H2,1H3,(H,22,25)(H,23,26)/b16-12+/t18-,21+/m0/s1. The van der Waals surface area contributed by atoms with Crippen LogP contribution in [0.25, 0.3) is 0 Å². The summed E-state index contributed by atoms with van der Waals surface area (Å²) in [6.45, 7) is 0.0668. The first-order valence-corrected chi connectivity index (χ1v) is 9.68. The molecule has 2 N–H and O–H groups in total. The molecule has 0 spiro atoms. The van der Waals surface area contributed by atoms with Gasteiger partial charge in [0.2, 0.25) is 5.91 Å². The number of benzene rings is 2. The van der Waals surface area contributed by atoms with E-state index in [1.54, 1.807) is 30.3 Å². The molecule has 7 nitrogen and oxygen atoms in total. The van der Waals surface area contributed by atoms with Crippen molar-refractivity contribution in [3.05, 3.63) is 77.2 Å². The lowest BCUT2D eigenvalue weighted by molar-refractivity contribution is -0.145. The quantitative estimate of drug-likeness (QED) is 0.299. The first-order chi connectivity index (χ1) is 14.1. The first-order valence-electron chi connectivity index (χ1n) is 8.86. The van der Waals surface area contributed by atoms with Gasteiger partial charge in [-0.2, -0.15) is 0 Å². The summed E-state index contributed by atoms with van der Waals surface area (Å²) >= 11 is 1.36. The second-order valence-electron chi connectivity index (χ2n) is 6.11. The summed E-state index contributed by atoms with van der Waals surface area (Å²) in [4.78, 5) is 37.3. The zero-order valence-corrected chi connectivity index (χ0v) is 16.5. The van der Waals surface area contributed by atoms with Crippen molar-refractivity contribution in [2.75, 3.05) is 13.7 Å². The van der Waals surface area contributed by atoms with Gasteiger partial charge in [0, 0.05) is 21.4 Å². The Balaban J connectivity index is 1.61. The maximum atomic E-state index is 12.3. The summed E-state index contributed by atoms with van der Waals surface area (Å²) in [6.07, 6.45) is 0.656. The van der Waals surface area contributed by atoms with E-state index in [9.17, 15) is 14.4 Å². The third kappa shape index (κ3) is 5.69. The Kier molecular flexibility index (Phi) is 7.04. The highest BCUT2D eigenvalue weighted by Crippen LogP contribution is 2.27. The maximum Gasteiger partial charge on any atom is 0.331 e. The van der Waals surface area contributed by atoms with E-state index in [-0.39, 0.29) is 18.4 Å². The Morgan fingerprint density at radius 1 is 1.10 bits per heavy atom. The molecular formula is C21H20N2O5S. The molecule has 1 aliphatic heterocycles. The summed E-state index contributed by atoms with van der Waals surface area (Å²) in [7, 11) is 1.30. The largest absolute Gasteiger partial charge is 0.466 e. The van der Waals surface area contributed by atoms with Gasteiger partial charge in [-0.3, -0.25) is 9.59 Å². The van der Waals surface area contributed by atoms with E-state index in [0.717, 1.165) is 4.90 Å². The van der Waals surface area contributed by atoms with Crippen molar-refractivity contribution in [1.82, 2.24) is 10.6 Å². The van der Waals surface area contributed by atoms with Crippen LogP contribution in [0, 0.1) is 0 Å². The Bertz CT molecular complexity index is 902. The van der Waals surface area contributed by atoms with Crippen molar-refractivity contribution in [3.8, 4) is 0 Å². The van der Waals surface area contributed by atoms with Crippen molar-refractivity contribution in [2.45, 2.75) is 17.2 Å².